The van der Waals surface area contributed by atoms with Gasteiger partial charge in [-0.2, -0.15) is 13.2 Å². The molecule has 0 aliphatic rings. The summed E-state index contributed by atoms with van der Waals surface area (Å²) in [6.07, 6.45) is -3.26. The Kier molecular flexibility index (Phi) is 5.43. The van der Waals surface area contributed by atoms with Crippen molar-refractivity contribution in [2.45, 2.75) is 6.18 Å². The number of halogens is 5. The lowest BCUT2D eigenvalue weighted by Crippen LogP contribution is -2.08. The van der Waals surface area contributed by atoms with Crippen molar-refractivity contribution in [1.29, 1.82) is 0 Å². The van der Waals surface area contributed by atoms with Crippen molar-refractivity contribution < 1.29 is 13.2 Å². The van der Waals surface area contributed by atoms with E-state index in [-0.39, 0.29) is 22.2 Å². The maximum Gasteiger partial charge on any atom is 0.416 e. The normalized spacial score (nSPS) is 11.3. The Labute approximate surface area is 165 Å². The second-order valence-electron chi connectivity index (χ2n) is 5.43. The van der Waals surface area contributed by atoms with Crippen LogP contribution < -0.4 is 16.4 Å². The van der Waals surface area contributed by atoms with Crippen LogP contribution in [0.2, 0.25) is 5.02 Å². The number of nitrogen functional groups attached to an aromatic ring is 1. The number of hydrogen-bond donors (Lipinski definition) is 3. The molecule has 1 aromatic heterocycles. The molecule has 1 heterocycles. The summed E-state index contributed by atoms with van der Waals surface area (Å²) in [4.78, 5) is 8.05. The third kappa shape index (κ3) is 4.61. The van der Waals surface area contributed by atoms with Crippen molar-refractivity contribution in [2.75, 3.05) is 16.4 Å². The van der Waals surface area contributed by atoms with Gasteiger partial charge in [-0.05, 0) is 42.5 Å². The minimum atomic E-state index is -4.49. The van der Waals surface area contributed by atoms with Crippen molar-refractivity contribution in [3.63, 3.8) is 0 Å². The largest absolute Gasteiger partial charge is 0.416 e. The molecule has 0 unspecified atom stereocenters. The Bertz CT molecular complexity index is 964. The van der Waals surface area contributed by atoms with Crippen LogP contribution in [0.1, 0.15) is 5.56 Å². The SMILES string of the molecule is Nc1c(Nc2ccc(Br)cc2)ncnc1Nc1cc(C(F)(F)F)ccc1Cl. The van der Waals surface area contributed by atoms with E-state index in [9.17, 15) is 13.2 Å². The monoisotopic (exact) mass is 457 g/mol. The Morgan fingerprint density at radius 1 is 0.963 bits per heavy atom. The van der Waals surface area contributed by atoms with E-state index in [0.717, 1.165) is 28.4 Å². The number of aromatic nitrogens is 2. The van der Waals surface area contributed by atoms with Gasteiger partial charge in [0, 0.05) is 10.2 Å². The quantitative estimate of drug-likeness (QED) is 0.448. The molecule has 0 fully saturated rings. The van der Waals surface area contributed by atoms with Crippen molar-refractivity contribution in [1.82, 2.24) is 9.97 Å². The Morgan fingerprint density at radius 3 is 2.22 bits per heavy atom. The molecular formula is C17H12BrClF3N5. The lowest BCUT2D eigenvalue weighted by molar-refractivity contribution is -0.137. The van der Waals surface area contributed by atoms with E-state index in [1.165, 1.54) is 6.33 Å². The van der Waals surface area contributed by atoms with Gasteiger partial charge in [-0.3, -0.25) is 0 Å². The molecule has 0 radical (unpaired) electrons. The van der Waals surface area contributed by atoms with Gasteiger partial charge in [0.2, 0.25) is 0 Å². The summed E-state index contributed by atoms with van der Waals surface area (Å²) in [5.74, 6) is 0.434. The standard InChI is InChI=1S/C17H12BrClF3N5/c18-10-2-4-11(5-3-10)26-15-14(23)16(25-8-24-15)27-13-7-9(17(20,21)22)1-6-12(13)19/h1-8H,23H2,(H2,24,25,26,27). The van der Waals surface area contributed by atoms with Gasteiger partial charge < -0.3 is 16.4 Å². The van der Waals surface area contributed by atoms with Gasteiger partial charge in [0.15, 0.2) is 11.6 Å². The third-order valence-corrected chi connectivity index (χ3v) is 4.40. The van der Waals surface area contributed by atoms with E-state index in [2.05, 4.69) is 36.5 Å². The first-order valence-corrected chi connectivity index (χ1v) is 8.68. The molecular weight excluding hydrogens is 447 g/mol. The number of benzene rings is 2. The summed E-state index contributed by atoms with van der Waals surface area (Å²) in [5.41, 5.74) is 6.12. The molecule has 3 aromatic rings. The van der Waals surface area contributed by atoms with Gasteiger partial charge in [-0.1, -0.05) is 27.5 Å². The summed E-state index contributed by atoms with van der Waals surface area (Å²) < 4.78 is 39.7. The highest BCUT2D eigenvalue weighted by Gasteiger charge is 2.31. The first-order chi connectivity index (χ1) is 12.7. The van der Waals surface area contributed by atoms with E-state index in [1.54, 1.807) is 0 Å². The van der Waals surface area contributed by atoms with E-state index >= 15 is 0 Å². The molecule has 0 amide bonds. The Balaban J connectivity index is 1.89. The second kappa shape index (κ2) is 7.61. The number of anilines is 5. The van der Waals surface area contributed by atoms with Crippen molar-refractivity contribution >= 4 is 56.2 Å². The molecule has 3 rings (SSSR count). The molecule has 0 saturated heterocycles. The van der Waals surface area contributed by atoms with Gasteiger partial charge in [0.1, 0.15) is 12.0 Å². The average Bonchev–Trinajstić information content (AvgIpc) is 2.61. The molecule has 27 heavy (non-hydrogen) atoms. The van der Waals surface area contributed by atoms with Crippen LogP contribution in [-0.2, 0) is 6.18 Å². The fourth-order valence-corrected chi connectivity index (χ4v) is 2.62. The molecule has 10 heteroatoms. The lowest BCUT2D eigenvalue weighted by atomic mass is 10.2. The van der Waals surface area contributed by atoms with Crippen LogP contribution in [0, 0.1) is 0 Å². The van der Waals surface area contributed by atoms with Crippen LogP contribution >= 0.6 is 27.5 Å². The van der Waals surface area contributed by atoms with E-state index in [4.69, 9.17) is 17.3 Å². The van der Waals surface area contributed by atoms with Crippen LogP contribution in [0.3, 0.4) is 0 Å². The topological polar surface area (TPSA) is 75.9 Å². The first kappa shape index (κ1) is 19.2. The highest BCUT2D eigenvalue weighted by Crippen LogP contribution is 2.36. The molecule has 2 aromatic carbocycles. The molecule has 0 atom stereocenters. The summed E-state index contributed by atoms with van der Waals surface area (Å²) in [6.45, 7) is 0. The predicted octanol–water partition coefficient (Wildman–Crippen LogP) is 5.98. The third-order valence-electron chi connectivity index (χ3n) is 3.54. The Morgan fingerprint density at radius 2 is 1.59 bits per heavy atom. The number of nitrogens with one attached hydrogen (secondary N) is 2. The molecule has 0 spiro atoms. The van der Waals surface area contributed by atoms with Crippen molar-refractivity contribution in [2.24, 2.45) is 0 Å². The molecule has 0 bridgehead atoms. The predicted molar refractivity (Wildman–Crippen MR) is 104 cm³/mol. The summed E-state index contributed by atoms with van der Waals surface area (Å²) >= 11 is 9.34. The zero-order valence-electron chi connectivity index (χ0n) is 13.5. The highest BCUT2D eigenvalue weighted by molar-refractivity contribution is 9.10. The summed E-state index contributed by atoms with van der Waals surface area (Å²) in [7, 11) is 0. The molecule has 140 valence electrons. The minimum absolute atomic E-state index is 0.0338. The second-order valence-corrected chi connectivity index (χ2v) is 6.76. The van der Waals surface area contributed by atoms with Crippen LogP contribution in [0.15, 0.2) is 53.3 Å². The van der Waals surface area contributed by atoms with Crippen LogP contribution in [0.25, 0.3) is 0 Å². The number of alkyl halides is 3. The average molecular weight is 459 g/mol. The lowest BCUT2D eigenvalue weighted by Gasteiger charge is -2.15. The number of rotatable bonds is 4. The van der Waals surface area contributed by atoms with Crippen LogP contribution in [-0.4, -0.2) is 9.97 Å². The van der Waals surface area contributed by atoms with E-state index in [0.29, 0.717) is 5.82 Å². The smallest absolute Gasteiger partial charge is 0.393 e. The number of nitrogens with two attached hydrogens (primary N) is 1. The fourth-order valence-electron chi connectivity index (χ4n) is 2.19. The Hall–Kier alpha value is -2.52. The van der Waals surface area contributed by atoms with Crippen molar-refractivity contribution in [3.05, 3.63) is 63.9 Å². The molecule has 4 N–H and O–H groups in total. The zero-order valence-corrected chi connectivity index (χ0v) is 15.8. The number of nitrogens with zero attached hydrogens (tertiary/aromatic N) is 2. The zero-order chi connectivity index (χ0) is 19.6. The van der Waals surface area contributed by atoms with Gasteiger partial charge >= 0.3 is 6.18 Å². The van der Waals surface area contributed by atoms with E-state index in [1.807, 2.05) is 24.3 Å². The maximum absolute atomic E-state index is 12.9. The molecule has 5 nitrogen and oxygen atoms in total. The van der Waals surface area contributed by atoms with Crippen LogP contribution in [0.5, 0.6) is 0 Å². The van der Waals surface area contributed by atoms with E-state index < -0.39 is 11.7 Å². The van der Waals surface area contributed by atoms with Crippen molar-refractivity contribution in [3.8, 4) is 0 Å². The molecule has 0 saturated carbocycles. The van der Waals surface area contributed by atoms with Gasteiger partial charge in [-0.15, -0.1) is 0 Å². The van der Waals surface area contributed by atoms with Gasteiger partial charge in [0.25, 0.3) is 0 Å². The highest BCUT2D eigenvalue weighted by atomic mass is 79.9. The van der Waals surface area contributed by atoms with Gasteiger partial charge in [-0.25, -0.2) is 9.97 Å². The first-order valence-electron chi connectivity index (χ1n) is 7.51. The summed E-state index contributed by atoms with van der Waals surface area (Å²) in [6, 6.07) is 10.2. The number of hydrogen-bond acceptors (Lipinski definition) is 5. The fraction of sp³-hybridized carbons (Fsp3) is 0.0588. The van der Waals surface area contributed by atoms with Gasteiger partial charge in [0.05, 0.1) is 16.3 Å². The minimum Gasteiger partial charge on any atom is -0.393 e. The summed E-state index contributed by atoms with van der Waals surface area (Å²) in [5, 5.41) is 5.86. The molecule has 0 aliphatic heterocycles. The van der Waals surface area contributed by atoms with Crippen LogP contribution in [0.4, 0.5) is 41.9 Å². The maximum atomic E-state index is 12.9. The molecule has 0 aliphatic carbocycles.